The van der Waals surface area contributed by atoms with Crippen molar-refractivity contribution >= 4 is 37.6 Å². The molecule has 0 unspecified atom stereocenters. The van der Waals surface area contributed by atoms with Gasteiger partial charge in [0.15, 0.2) is 0 Å². The topological polar surface area (TPSA) is 96.4 Å². The van der Waals surface area contributed by atoms with Gasteiger partial charge < -0.3 is 5.11 Å². The van der Waals surface area contributed by atoms with Gasteiger partial charge in [-0.15, -0.1) is 0 Å². The van der Waals surface area contributed by atoms with Gasteiger partial charge in [-0.05, 0) is 39.7 Å². The molecule has 1 aromatic carbocycles. The van der Waals surface area contributed by atoms with Crippen LogP contribution >= 0.6 is 15.9 Å². The highest BCUT2D eigenvalue weighted by Crippen LogP contribution is 2.19. The van der Waals surface area contributed by atoms with E-state index in [1.165, 1.54) is 30.6 Å². The van der Waals surface area contributed by atoms with Crippen molar-refractivity contribution in [3.05, 3.63) is 52.8 Å². The Hall–Kier alpha value is -1.93. The lowest BCUT2D eigenvalue weighted by atomic mass is 10.1. The quantitative estimate of drug-likeness (QED) is 0.841. The molecule has 6 nitrogen and oxygen atoms in total. The van der Waals surface area contributed by atoms with Crippen LogP contribution in [0.4, 0.5) is 5.69 Å². The van der Waals surface area contributed by atoms with E-state index in [2.05, 4.69) is 25.6 Å². The van der Waals surface area contributed by atoms with Crippen LogP contribution in [0, 0.1) is 0 Å². The number of carbonyl (C=O) groups is 1. The molecule has 0 atom stereocenters. The normalized spacial score (nSPS) is 11.1. The fourth-order valence-electron chi connectivity index (χ4n) is 1.62. The standard InChI is InChI=1S/C13H11BrN2O4S/c14-10-6-12(8-15-7-10)21(19,20)16-11-3-1-9(2-4-11)5-13(17)18/h1-4,6-8,16H,5H2,(H,17,18). The van der Waals surface area contributed by atoms with Gasteiger partial charge in [0.2, 0.25) is 0 Å². The number of carboxylic acids is 1. The number of nitrogens with zero attached hydrogens (tertiary/aromatic N) is 1. The maximum atomic E-state index is 12.2. The lowest BCUT2D eigenvalue weighted by molar-refractivity contribution is -0.136. The zero-order chi connectivity index (χ0) is 15.5. The second kappa shape index (κ2) is 6.23. The fraction of sp³-hybridized carbons (Fsp3) is 0.0769. The Kier molecular flexibility index (Phi) is 4.59. The highest BCUT2D eigenvalue weighted by Gasteiger charge is 2.15. The van der Waals surface area contributed by atoms with E-state index in [9.17, 15) is 13.2 Å². The Morgan fingerprint density at radius 3 is 2.48 bits per heavy atom. The highest BCUT2D eigenvalue weighted by atomic mass is 79.9. The average molecular weight is 371 g/mol. The van der Waals surface area contributed by atoms with Gasteiger partial charge in [-0.3, -0.25) is 14.5 Å². The summed E-state index contributed by atoms with van der Waals surface area (Å²) in [6, 6.07) is 7.59. The molecule has 0 spiro atoms. The van der Waals surface area contributed by atoms with Gasteiger partial charge in [0.1, 0.15) is 4.90 Å². The second-order valence-corrected chi connectivity index (χ2v) is 6.81. The molecule has 0 saturated heterocycles. The number of sulfonamides is 1. The molecule has 1 aromatic heterocycles. The third-order valence-corrected chi connectivity index (χ3v) is 4.33. The molecular weight excluding hydrogens is 360 g/mol. The van der Waals surface area contributed by atoms with Gasteiger partial charge in [0, 0.05) is 22.6 Å². The minimum absolute atomic E-state index is 0.0338. The van der Waals surface area contributed by atoms with Crippen LogP contribution in [0.1, 0.15) is 5.56 Å². The zero-order valence-electron chi connectivity index (χ0n) is 10.7. The molecule has 0 amide bonds. The Morgan fingerprint density at radius 2 is 1.90 bits per heavy atom. The van der Waals surface area contributed by atoms with Crippen LogP contribution in [-0.4, -0.2) is 24.5 Å². The number of hydrogen-bond donors (Lipinski definition) is 2. The number of hydrogen-bond acceptors (Lipinski definition) is 4. The molecule has 0 aliphatic rings. The van der Waals surface area contributed by atoms with E-state index in [-0.39, 0.29) is 11.3 Å². The van der Waals surface area contributed by atoms with E-state index >= 15 is 0 Å². The molecule has 0 bridgehead atoms. The third kappa shape index (κ3) is 4.27. The number of carboxylic acid groups (broad SMARTS) is 1. The summed E-state index contributed by atoms with van der Waals surface area (Å²) in [5.41, 5.74) is 0.943. The highest BCUT2D eigenvalue weighted by molar-refractivity contribution is 9.10. The molecular formula is C13H11BrN2O4S. The van der Waals surface area contributed by atoms with Crippen molar-refractivity contribution in [2.45, 2.75) is 11.3 Å². The van der Waals surface area contributed by atoms with Crippen LogP contribution in [0.3, 0.4) is 0 Å². The Bertz CT molecular complexity index is 760. The number of nitrogens with one attached hydrogen (secondary N) is 1. The maximum absolute atomic E-state index is 12.2. The first-order valence-corrected chi connectivity index (χ1v) is 8.08. The average Bonchev–Trinajstić information content (AvgIpc) is 2.40. The first-order valence-electron chi connectivity index (χ1n) is 5.81. The van der Waals surface area contributed by atoms with Crippen molar-refractivity contribution in [2.24, 2.45) is 0 Å². The summed E-state index contributed by atoms with van der Waals surface area (Å²) in [5.74, 6) is -0.941. The van der Waals surface area contributed by atoms with Crippen molar-refractivity contribution in [1.29, 1.82) is 0 Å². The fourth-order valence-corrected chi connectivity index (χ4v) is 3.18. The molecule has 2 N–H and O–H groups in total. The van der Waals surface area contributed by atoms with E-state index in [1.54, 1.807) is 12.1 Å². The first-order chi connectivity index (χ1) is 9.87. The number of halogens is 1. The monoisotopic (exact) mass is 370 g/mol. The van der Waals surface area contributed by atoms with Gasteiger partial charge in [-0.1, -0.05) is 12.1 Å². The molecule has 0 aliphatic heterocycles. The van der Waals surface area contributed by atoms with Crippen molar-refractivity contribution in [1.82, 2.24) is 4.98 Å². The smallest absolute Gasteiger partial charge is 0.307 e. The van der Waals surface area contributed by atoms with Crippen molar-refractivity contribution in [2.75, 3.05) is 4.72 Å². The van der Waals surface area contributed by atoms with Gasteiger partial charge in [-0.2, -0.15) is 0 Å². The molecule has 21 heavy (non-hydrogen) atoms. The first kappa shape index (κ1) is 15.5. The predicted molar refractivity (Wildman–Crippen MR) is 80.5 cm³/mol. The largest absolute Gasteiger partial charge is 0.481 e. The molecule has 2 aromatic rings. The lowest BCUT2D eigenvalue weighted by Crippen LogP contribution is -2.13. The molecule has 0 fully saturated rings. The van der Waals surface area contributed by atoms with Crippen molar-refractivity contribution in [3.8, 4) is 0 Å². The summed E-state index contributed by atoms with van der Waals surface area (Å²) in [6.45, 7) is 0. The van der Waals surface area contributed by atoms with Crippen LogP contribution in [-0.2, 0) is 21.2 Å². The molecule has 8 heteroatoms. The van der Waals surface area contributed by atoms with Gasteiger partial charge in [-0.25, -0.2) is 8.42 Å². The van der Waals surface area contributed by atoms with E-state index in [0.29, 0.717) is 15.7 Å². The summed E-state index contributed by atoms with van der Waals surface area (Å²) in [5, 5.41) is 8.67. The van der Waals surface area contributed by atoms with Crippen molar-refractivity contribution < 1.29 is 18.3 Å². The number of pyridine rings is 1. The van der Waals surface area contributed by atoms with Crippen LogP contribution in [0.15, 0.2) is 52.1 Å². The van der Waals surface area contributed by atoms with Gasteiger partial charge in [0.05, 0.1) is 6.42 Å². The number of rotatable bonds is 5. The second-order valence-electron chi connectivity index (χ2n) is 4.21. The number of aromatic nitrogens is 1. The zero-order valence-corrected chi connectivity index (χ0v) is 13.1. The van der Waals surface area contributed by atoms with Gasteiger partial charge >= 0.3 is 5.97 Å². The Balaban J connectivity index is 2.19. The molecule has 110 valence electrons. The summed E-state index contributed by atoms with van der Waals surface area (Å²) in [4.78, 5) is 14.4. The van der Waals surface area contributed by atoms with E-state index in [4.69, 9.17) is 5.11 Å². The molecule has 0 saturated carbocycles. The van der Waals surface area contributed by atoms with Crippen LogP contribution in [0.5, 0.6) is 0 Å². The number of anilines is 1. The van der Waals surface area contributed by atoms with Crippen LogP contribution in [0.25, 0.3) is 0 Å². The SMILES string of the molecule is O=C(O)Cc1ccc(NS(=O)(=O)c2cncc(Br)c2)cc1. The molecule has 2 rings (SSSR count). The summed E-state index contributed by atoms with van der Waals surface area (Å²) >= 11 is 3.16. The van der Waals surface area contributed by atoms with Crippen molar-refractivity contribution in [3.63, 3.8) is 0 Å². The third-order valence-electron chi connectivity index (χ3n) is 2.55. The number of benzene rings is 1. The summed E-state index contributed by atoms with van der Waals surface area (Å²) < 4.78 is 27.3. The van der Waals surface area contributed by atoms with Crippen LogP contribution in [0.2, 0.25) is 0 Å². The molecule has 1 heterocycles. The van der Waals surface area contributed by atoms with E-state index in [1.807, 2.05) is 0 Å². The Labute approximate surface area is 130 Å². The van der Waals surface area contributed by atoms with Gasteiger partial charge in [0.25, 0.3) is 10.0 Å². The minimum Gasteiger partial charge on any atom is -0.481 e. The lowest BCUT2D eigenvalue weighted by Gasteiger charge is -2.08. The Morgan fingerprint density at radius 1 is 1.24 bits per heavy atom. The van der Waals surface area contributed by atoms with E-state index < -0.39 is 16.0 Å². The van der Waals surface area contributed by atoms with E-state index in [0.717, 1.165) is 0 Å². The molecule has 0 radical (unpaired) electrons. The number of aliphatic carboxylic acids is 1. The summed E-state index contributed by atoms with van der Waals surface area (Å²) in [6.07, 6.45) is 2.62. The predicted octanol–water partition coefficient (Wildman–Crippen LogP) is 2.27. The van der Waals surface area contributed by atoms with Crippen LogP contribution < -0.4 is 4.72 Å². The summed E-state index contributed by atoms with van der Waals surface area (Å²) in [7, 11) is -3.73. The minimum atomic E-state index is -3.73. The maximum Gasteiger partial charge on any atom is 0.307 e. The molecule has 0 aliphatic carbocycles.